The second-order valence-electron chi connectivity index (χ2n) is 13.0. The molecule has 2 aromatic rings. The number of phenolic OH excluding ortho intramolecular Hbond substituents is 4. The molecule has 13 atom stereocenters. The van der Waals surface area contributed by atoms with Crippen LogP contribution in [0.15, 0.2) is 42.5 Å². The maximum absolute atomic E-state index is 13.2. The molecule has 19 heteroatoms. The van der Waals surface area contributed by atoms with Crippen molar-refractivity contribution in [1.82, 2.24) is 0 Å². The molecule has 3 aliphatic heterocycles. The molecule has 11 N–H and O–H groups in total. The van der Waals surface area contributed by atoms with Crippen LogP contribution < -0.4 is 0 Å². The third kappa shape index (κ3) is 9.35. The topological polar surface area (TPSA) is 304 Å². The van der Waals surface area contributed by atoms with Gasteiger partial charge in [0, 0.05) is 6.08 Å². The average Bonchev–Trinajstić information content (AvgIpc) is 3.42. The Kier molecular flexibility index (Phi) is 13.2. The van der Waals surface area contributed by atoms with E-state index in [1.807, 2.05) is 0 Å². The molecular formula is C34H44O19. The first-order valence-corrected chi connectivity index (χ1v) is 16.6. The van der Waals surface area contributed by atoms with Crippen LogP contribution in [0.1, 0.15) is 18.1 Å². The van der Waals surface area contributed by atoms with E-state index in [0.29, 0.717) is 5.56 Å². The fourth-order valence-corrected chi connectivity index (χ4v) is 5.87. The SMILES string of the molecule is C[C@H]1O[C@H](O[C@H]2[C@@H](O)[C@H](OCCc3ccc(O)c(O)c3)O[C@H](CO[C@H]3OC[C@](O)(CO)[C@H]3O)[C@H]2OC(=O)C=Cc2ccc(O)c(O)c2)[C@H](O)[C@H](O)[C@H]1O. The summed E-state index contributed by atoms with van der Waals surface area (Å²) in [6.45, 7) is -0.718. The first-order chi connectivity index (χ1) is 25.1. The summed E-state index contributed by atoms with van der Waals surface area (Å²) in [4.78, 5) is 13.2. The Morgan fingerprint density at radius 2 is 1.53 bits per heavy atom. The van der Waals surface area contributed by atoms with E-state index in [1.54, 1.807) is 0 Å². The molecular weight excluding hydrogens is 712 g/mol. The molecule has 0 amide bonds. The fraction of sp³-hybridized carbons (Fsp3) is 0.559. The van der Waals surface area contributed by atoms with E-state index in [0.717, 1.165) is 6.08 Å². The summed E-state index contributed by atoms with van der Waals surface area (Å²) in [5.74, 6) is -2.62. The third-order valence-corrected chi connectivity index (χ3v) is 9.09. The van der Waals surface area contributed by atoms with E-state index >= 15 is 0 Å². The molecule has 0 bridgehead atoms. The minimum absolute atomic E-state index is 0.136. The van der Waals surface area contributed by atoms with Gasteiger partial charge in [-0.25, -0.2) is 4.79 Å². The number of carbonyl (C=O) groups is 1. The Morgan fingerprint density at radius 3 is 2.19 bits per heavy atom. The van der Waals surface area contributed by atoms with Crippen molar-refractivity contribution in [3.8, 4) is 23.0 Å². The zero-order valence-corrected chi connectivity index (χ0v) is 28.3. The Morgan fingerprint density at radius 1 is 0.830 bits per heavy atom. The molecule has 0 radical (unpaired) electrons. The van der Waals surface area contributed by atoms with Crippen molar-refractivity contribution in [3.63, 3.8) is 0 Å². The number of aliphatic hydroxyl groups is 7. The molecule has 3 aliphatic rings. The van der Waals surface area contributed by atoms with Crippen molar-refractivity contribution in [2.45, 2.75) is 92.8 Å². The molecule has 5 rings (SSSR count). The van der Waals surface area contributed by atoms with Gasteiger partial charge in [0.05, 0.1) is 32.5 Å². The highest BCUT2D eigenvalue weighted by atomic mass is 16.8. The Balaban J connectivity index is 1.42. The van der Waals surface area contributed by atoms with E-state index in [4.69, 9.17) is 33.2 Å². The zero-order valence-electron chi connectivity index (χ0n) is 28.3. The number of esters is 1. The average molecular weight is 757 g/mol. The second-order valence-corrected chi connectivity index (χ2v) is 13.0. The predicted octanol–water partition coefficient (Wildman–Crippen LogP) is -2.55. The van der Waals surface area contributed by atoms with Crippen LogP contribution >= 0.6 is 0 Å². The van der Waals surface area contributed by atoms with E-state index in [1.165, 1.54) is 49.4 Å². The highest BCUT2D eigenvalue weighted by Gasteiger charge is 2.54. The van der Waals surface area contributed by atoms with Crippen LogP contribution in [-0.2, 0) is 44.4 Å². The van der Waals surface area contributed by atoms with Crippen molar-refractivity contribution in [1.29, 1.82) is 0 Å². The number of aromatic hydroxyl groups is 4. The van der Waals surface area contributed by atoms with Gasteiger partial charge in [-0.2, -0.15) is 0 Å². The molecule has 53 heavy (non-hydrogen) atoms. The van der Waals surface area contributed by atoms with Gasteiger partial charge in [0.1, 0.15) is 48.3 Å². The number of ether oxygens (including phenoxy) is 7. The van der Waals surface area contributed by atoms with Crippen LogP contribution in [0.5, 0.6) is 23.0 Å². The van der Waals surface area contributed by atoms with Crippen molar-refractivity contribution in [2.75, 3.05) is 26.4 Å². The second kappa shape index (κ2) is 17.2. The van der Waals surface area contributed by atoms with Crippen LogP contribution in [0, 0.1) is 0 Å². The smallest absolute Gasteiger partial charge is 0.331 e. The molecule has 3 heterocycles. The lowest BCUT2D eigenvalue weighted by molar-refractivity contribution is -0.360. The number of hydrogen-bond donors (Lipinski definition) is 11. The van der Waals surface area contributed by atoms with Gasteiger partial charge in [0.2, 0.25) is 0 Å². The van der Waals surface area contributed by atoms with Gasteiger partial charge in [0.15, 0.2) is 48.0 Å². The van der Waals surface area contributed by atoms with E-state index in [9.17, 15) is 61.0 Å². The largest absolute Gasteiger partial charge is 0.504 e. The summed E-state index contributed by atoms with van der Waals surface area (Å²) in [6, 6.07) is 7.83. The normalized spacial score (nSPS) is 36.2. The number of hydrogen-bond acceptors (Lipinski definition) is 19. The number of benzene rings is 2. The summed E-state index contributed by atoms with van der Waals surface area (Å²) >= 11 is 0. The van der Waals surface area contributed by atoms with Crippen LogP contribution in [0.3, 0.4) is 0 Å². The molecule has 294 valence electrons. The van der Waals surface area contributed by atoms with Crippen LogP contribution in [0.4, 0.5) is 0 Å². The van der Waals surface area contributed by atoms with Gasteiger partial charge in [-0.3, -0.25) is 0 Å². The monoisotopic (exact) mass is 756 g/mol. The van der Waals surface area contributed by atoms with E-state index in [-0.39, 0.29) is 30.1 Å². The Bertz CT molecular complexity index is 1570. The van der Waals surface area contributed by atoms with Gasteiger partial charge >= 0.3 is 5.97 Å². The van der Waals surface area contributed by atoms with E-state index < -0.39 is 117 Å². The Labute approximate surface area is 302 Å². The summed E-state index contributed by atoms with van der Waals surface area (Å²) in [5.41, 5.74) is -1.24. The van der Waals surface area contributed by atoms with Gasteiger partial charge in [0.25, 0.3) is 0 Å². The van der Waals surface area contributed by atoms with Crippen LogP contribution in [-0.4, -0.2) is 168 Å². The van der Waals surface area contributed by atoms with Crippen molar-refractivity contribution in [3.05, 3.63) is 53.6 Å². The molecule has 3 fully saturated rings. The Hall–Kier alpha value is -3.67. The number of phenols is 4. The van der Waals surface area contributed by atoms with Crippen LogP contribution in [0.2, 0.25) is 0 Å². The number of rotatable bonds is 13. The van der Waals surface area contributed by atoms with Gasteiger partial charge < -0.3 is 89.3 Å². The fourth-order valence-electron chi connectivity index (χ4n) is 5.87. The van der Waals surface area contributed by atoms with Crippen LogP contribution in [0.25, 0.3) is 6.08 Å². The van der Waals surface area contributed by atoms with Crippen molar-refractivity contribution < 1.29 is 94.1 Å². The van der Waals surface area contributed by atoms with E-state index in [2.05, 4.69) is 0 Å². The maximum atomic E-state index is 13.2. The highest BCUT2D eigenvalue weighted by Crippen LogP contribution is 2.34. The molecule has 19 nitrogen and oxygen atoms in total. The highest BCUT2D eigenvalue weighted by molar-refractivity contribution is 5.87. The van der Waals surface area contributed by atoms with Crippen molar-refractivity contribution in [2.24, 2.45) is 0 Å². The first kappa shape index (κ1) is 40.5. The first-order valence-electron chi connectivity index (χ1n) is 16.6. The molecule has 0 saturated carbocycles. The molecule has 0 aliphatic carbocycles. The van der Waals surface area contributed by atoms with Gasteiger partial charge in [-0.05, 0) is 54.8 Å². The molecule has 0 spiro atoms. The lowest BCUT2D eigenvalue weighted by atomic mass is 9.96. The minimum Gasteiger partial charge on any atom is -0.504 e. The van der Waals surface area contributed by atoms with Crippen molar-refractivity contribution >= 4 is 12.0 Å². The molecule has 3 saturated heterocycles. The summed E-state index contributed by atoms with van der Waals surface area (Å²) in [7, 11) is 0. The van der Waals surface area contributed by atoms with Gasteiger partial charge in [-0.1, -0.05) is 12.1 Å². The van der Waals surface area contributed by atoms with Gasteiger partial charge in [-0.15, -0.1) is 0 Å². The minimum atomic E-state index is -2.05. The predicted molar refractivity (Wildman–Crippen MR) is 174 cm³/mol. The molecule has 2 aromatic carbocycles. The standard InChI is InChI=1S/C34H44O19/c1-15-24(41)25(42)26(43)32(50-15)53-29-27(44)31(47-9-8-17-3-6-19(37)21(39)11-17)51-22(12-48-33-30(45)34(46,13-35)14-49-33)28(29)52-23(40)7-4-16-2-5-18(36)20(38)10-16/h2-7,10-11,15,22,24-33,35-39,41-46H,8-9,12-14H2,1H3/t15-,22-,24+,25-,26-,27-,28-,29+,30+,31-,32-,33+,34-/m1/s1. The maximum Gasteiger partial charge on any atom is 0.331 e. The lowest BCUT2D eigenvalue weighted by Gasteiger charge is -2.46. The molecule has 0 aromatic heterocycles. The summed E-state index contributed by atoms with van der Waals surface area (Å²) < 4.78 is 40.0. The third-order valence-electron chi connectivity index (χ3n) is 9.09. The lowest BCUT2D eigenvalue weighted by Crippen LogP contribution is -2.65. The number of carbonyl (C=O) groups excluding carboxylic acids is 1. The number of aliphatic hydroxyl groups excluding tert-OH is 6. The zero-order chi connectivity index (χ0) is 38.6. The molecule has 0 unspecified atom stereocenters. The summed E-state index contributed by atoms with van der Waals surface area (Å²) in [5, 5.41) is 112. The summed E-state index contributed by atoms with van der Waals surface area (Å²) in [6.07, 6.45) is -17.0. The quantitative estimate of drug-likeness (QED) is 0.0569.